The average Bonchev–Trinajstić information content (AvgIpc) is 3.11. The van der Waals surface area contributed by atoms with E-state index in [1.807, 2.05) is 4.57 Å². The molecule has 4 nitrogen and oxygen atoms in total. The SMILES string of the molecule is O=C(O)c1cccc2c1ccn2Cc1cc(F)ccc1OCc1ccc(F)cc1Cl. The van der Waals surface area contributed by atoms with E-state index in [-0.39, 0.29) is 23.7 Å². The van der Waals surface area contributed by atoms with E-state index in [9.17, 15) is 18.7 Å². The minimum atomic E-state index is -1.01. The molecule has 0 aliphatic heterocycles. The van der Waals surface area contributed by atoms with Crippen LogP contribution in [0.5, 0.6) is 5.75 Å². The molecule has 0 atom stereocenters. The molecule has 152 valence electrons. The molecular weight excluding hydrogens is 412 g/mol. The summed E-state index contributed by atoms with van der Waals surface area (Å²) in [5, 5.41) is 10.2. The van der Waals surface area contributed by atoms with Gasteiger partial charge in [-0.25, -0.2) is 13.6 Å². The van der Waals surface area contributed by atoms with Gasteiger partial charge in [-0.3, -0.25) is 0 Å². The maximum Gasteiger partial charge on any atom is 0.336 e. The molecule has 0 fully saturated rings. The van der Waals surface area contributed by atoms with Crippen LogP contribution in [-0.2, 0) is 13.2 Å². The Morgan fingerprint density at radius 2 is 1.77 bits per heavy atom. The summed E-state index contributed by atoms with van der Waals surface area (Å²) in [5.74, 6) is -1.41. The molecule has 0 aliphatic rings. The molecule has 30 heavy (non-hydrogen) atoms. The van der Waals surface area contributed by atoms with E-state index < -0.39 is 17.6 Å². The van der Waals surface area contributed by atoms with Crippen LogP contribution in [-0.4, -0.2) is 15.6 Å². The second-order valence-electron chi connectivity index (χ2n) is 6.76. The number of benzene rings is 3. The number of aromatic carboxylic acids is 1. The maximum absolute atomic E-state index is 13.9. The van der Waals surface area contributed by atoms with Crippen molar-refractivity contribution in [2.75, 3.05) is 0 Å². The Morgan fingerprint density at radius 3 is 2.53 bits per heavy atom. The highest BCUT2D eigenvalue weighted by Crippen LogP contribution is 2.27. The fraction of sp³-hybridized carbons (Fsp3) is 0.0870. The standard InChI is InChI=1S/C23H16ClF2NO3/c24-20-11-17(26)5-4-14(20)13-30-22-7-6-16(25)10-15(22)12-27-9-8-18-19(23(28)29)2-1-3-21(18)27/h1-11H,12-13H2,(H,28,29). The van der Waals surface area contributed by atoms with Crippen molar-refractivity contribution < 1.29 is 23.4 Å². The van der Waals surface area contributed by atoms with Crippen LogP contribution < -0.4 is 4.74 Å². The first kappa shape index (κ1) is 19.9. The predicted molar refractivity (Wildman–Crippen MR) is 110 cm³/mol. The number of nitrogens with zero attached hydrogens (tertiary/aromatic N) is 1. The molecule has 1 heterocycles. The normalized spacial score (nSPS) is 11.0. The number of fused-ring (bicyclic) bond motifs is 1. The zero-order valence-corrected chi connectivity index (χ0v) is 16.4. The monoisotopic (exact) mass is 427 g/mol. The lowest BCUT2D eigenvalue weighted by atomic mass is 10.1. The molecule has 1 N–H and O–H groups in total. The summed E-state index contributed by atoms with van der Waals surface area (Å²) in [5.41, 5.74) is 2.09. The number of carboxylic acids is 1. The Labute approximate surface area is 175 Å². The van der Waals surface area contributed by atoms with Crippen molar-refractivity contribution in [3.8, 4) is 5.75 Å². The molecule has 0 unspecified atom stereocenters. The summed E-state index contributed by atoms with van der Waals surface area (Å²) in [4.78, 5) is 11.4. The van der Waals surface area contributed by atoms with Crippen LogP contribution in [0.15, 0.2) is 66.9 Å². The first-order valence-electron chi connectivity index (χ1n) is 9.08. The molecule has 7 heteroatoms. The minimum absolute atomic E-state index is 0.0906. The van der Waals surface area contributed by atoms with Crippen molar-refractivity contribution in [1.82, 2.24) is 4.57 Å². The van der Waals surface area contributed by atoms with Gasteiger partial charge in [-0.15, -0.1) is 0 Å². The summed E-state index contributed by atoms with van der Waals surface area (Å²) < 4.78 is 34.8. The van der Waals surface area contributed by atoms with Gasteiger partial charge >= 0.3 is 5.97 Å². The summed E-state index contributed by atoms with van der Waals surface area (Å²) in [6.45, 7) is 0.365. The maximum atomic E-state index is 13.9. The van der Waals surface area contributed by atoms with Gasteiger partial charge < -0.3 is 14.4 Å². The number of hydrogen-bond donors (Lipinski definition) is 1. The Kier molecular flexibility index (Phi) is 5.42. The van der Waals surface area contributed by atoms with Crippen LogP contribution >= 0.6 is 11.6 Å². The zero-order chi connectivity index (χ0) is 21.3. The second-order valence-corrected chi connectivity index (χ2v) is 7.17. The quantitative estimate of drug-likeness (QED) is 0.417. The third kappa shape index (κ3) is 4.00. The molecule has 4 aromatic rings. The van der Waals surface area contributed by atoms with Crippen LogP contribution in [0.3, 0.4) is 0 Å². The van der Waals surface area contributed by atoms with Gasteiger partial charge in [0.2, 0.25) is 0 Å². The molecule has 0 bridgehead atoms. The van der Waals surface area contributed by atoms with Crippen LogP contribution in [0.25, 0.3) is 10.9 Å². The lowest BCUT2D eigenvalue weighted by Crippen LogP contribution is -2.04. The molecule has 3 aromatic carbocycles. The molecular formula is C23H16ClF2NO3. The number of aromatic nitrogens is 1. The van der Waals surface area contributed by atoms with Gasteiger partial charge in [0.25, 0.3) is 0 Å². The second kappa shape index (κ2) is 8.16. The van der Waals surface area contributed by atoms with E-state index in [2.05, 4.69) is 0 Å². The van der Waals surface area contributed by atoms with Gasteiger partial charge in [0.05, 0.1) is 17.1 Å². The molecule has 0 spiro atoms. The molecule has 0 saturated heterocycles. The first-order valence-corrected chi connectivity index (χ1v) is 9.46. The summed E-state index contributed by atoms with van der Waals surface area (Å²) in [7, 11) is 0. The largest absolute Gasteiger partial charge is 0.488 e. The Balaban J connectivity index is 1.64. The first-order chi connectivity index (χ1) is 14.4. The van der Waals surface area contributed by atoms with Gasteiger partial charge in [-0.05, 0) is 48.5 Å². The Hall–Kier alpha value is -3.38. The van der Waals surface area contributed by atoms with Crippen molar-refractivity contribution in [2.24, 2.45) is 0 Å². The number of carboxylic acid groups (broad SMARTS) is 1. The van der Waals surface area contributed by atoms with E-state index in [1.165, 1.54) is 42.5 Å². The number of carbonyl (C=O) groups is 1. The van der Waals surface area contributed by atoms with E-state index in [1.54, 1.807) is 24.4 Å². The highest BCUT2D eigenvalue weighted by molar-refractivity contribution is 6.31. The van der Waals surface area contributed by atoms with E-state index in [4.69, 9.17) is 16.3 Å². The highest BCUT2D eigenvalue weighted by Gasteiger charge is 2.13. The topological polar surface area (TPSA) is 51.5 Å². The van der Waals surface area contributed by atoms with Gasteiger partial charge in [0.15, 0.2) is 0 Å². The summed E-state index contributed by atoms with van der Waals surface area (Å²) in [6, 6.07) is 15.0. The highest BCUT2D eigenvalue weighted by atomic mass is 35.5. The molecule has 4 rings (SSSR count). The third-order valence-electron chi connectivity index (χ3n) is 4.81. The molecule has 0 radical (unpaired) electrons. The van der Waals surface area contributed by atoms with E-state index >= 15 is 0 Å². The zero-order valence-electron chi connectivity index (χ0n) is 15.6. The van der Waals surface area contributed by atoms with E-state index in [0.717, 1.165) is 0 Å². The Morgan fingerprint density at radius 1 is 1.00 bits per heavy atom. The lowest BCUT2D eigenvalue weighted by Gasteiger charge is -2.14. The van der Waals surface area contributed by atoms with Crippen LogP contribution in [0.1, 0.15) is 21.5 Å². The third-order valence-corrected chi connectivity index (χ3v) is 5.16. The van der Waals surface area contributed by atoms with E-state index in [0.29, 0.717) is 27.8 Å². The Bertz CT molecular complexity index is 1250. The number of hydrogen-bond acceptors (Lipinski definition) is 2. The number of halogens is 3. The molecule has 1 aromatic heterocycles. The van der Waals surface area contributed by atoms with Gasteiger partial charge in [-0.1, -0.05) is 23.7 Å². The molecule has 0 aliphatic carbocycles. The smallest absolute Gasteiger partial charge is 0.336 e. The molecule has 0 amide bonds. The van der Waals surface area contributed by atoms with Crippen molar-refractivity contribution in [1.29, 1.82) is 0 Å². The van der Waals surface area contributed by atoms with Crippen LogP contribution in [0.2, 0.25) is 5.02 Å². The van der Waals surface area contributed by atoms with Crippen LogP contribution in [0.4, 0.5) is 8.78 Å². The molecule has 0 saturated carbocycles. The van der Waals surface area contributed by atoms with Crippen molar-refractivity contribution in [2.45, 2.75) is 13.2 Å². The van der Waals surface area contributed by atoms with Crippen molar-refractivity contribution >= 4 is 28.5 Å². The number of ether oxygens (including phenoxy) is 1. The number of rotatable bonds is 6. The van der Waals surface area contributed by atoms with Crippen LogP contribution in [0, 0.1) is 11.6 Å². The summed E-state index contributed by atoms with van der Waals surface area (Å²) >= 11 is 6.05. The predicted octanol–water partition coefficient (Wildman–Crippen LogP) is 5.90. The average molecular weight is 428 g/mol. The fourth-order valence-corrected chi connectivity index (χ4v) is 3.56. The van der Waals surface area contributed by atoms with Gasteiger partial charge in [0.1, 0.15) is 24.0 Å². The minimum Gasteiger partial charge on any atom is -0.488 e. The van der Waals surface area contributed by atoms with Gasteiger partial charge in [0, 0.05) is 28.2 Å². The summed E-state index contributed by atoms with van der Waals surface area (Å²) in [6.07, 6.45) is 1.75. The van der Waals surface area contributed by atoms with Crippen molar-refractivity contribution in [3.63, 3.8) is 0 Å². The fourth-order valence-electron chi connectivity index (χ4n) is 3.34. The van der Waals surface area contributed by atoms with Gasteiger partial charge in [-0.2, -0.15) is 0 Å². The van der Waals surface area contributed by atoms with Crippen molar-refractivity contribution in [3.05, 3.63) is 100 Å². The lowest BCUT2D eigenvalue weighted by molar-refractivity contribution is 0.0699.